The Labute approximate surface area is 114 Å². The van der Waals surface area contributed by atoms with Crippen molar-refractivity contribution in [3.05, 3.63) is 29.6 Å². The zero-order chi connectivity index (χ0) is 14.5. The molecule has 5 nitrogen and oxygen atoms in total. The molecule has 0 aliphatic rings. The topological polar surface area (TPSA) is 88.2 Å². The SMILES string of the molecule is CC(C)(C)CC(O)CNC(=O)c1ccnc(CN)c1. The summed E-state index contributed by atoms with van der Waals surface area (Å²) in [6.45, 7) is 6.70. The molecule has 0 bridgehead atoms. The van der Waals surface area contributed by atoms with Crippen LogP contribution in [0.1, 0.15) is 43.2 Å². The van der Waals surface area contributed by atoms with Crippen LogP contribution in [0.2, 0.25) is 0 Å². The molecule has 0 saturated carbocycles. The Bertz CT molecular complexity index is 427. The van der Waals surface area contributed by atoms with Crippen molar-refractivity contribution in [3.63, 3.8) is 0 Å². The molecule has 0 radical (unpaired) electrons. The van der Waals surface area contributed by atoms with Crippen LogP contribution in [0.4, 0.5) is 0 Å². The number of hydrogen-bond donors (Lipinski definition) is 3. The summed E-state index contributed by atoms with van der Waals surface area (Å²) in [5.41, 5.74) is 6.69. The van der Waals surface area contributed by atoms with Crippen LogP contribution >= 0.6 is 0 Å². The number of nitrogens with one attached hydrogen (secondary N) is 1. The number of carbonyl (C=O) groups is 1. The van der Waals surface area contributed by atoms with E-state index in [0.717, 1.165) is 0 Å². The van der Waals surface area contributed by atoms with Gasteiger partial charge in [-0.15, -0.1) is 0 Å². The third kappa shape index (κ3) is 5.81. The summed E-state index contributed by atoms with van der Waals surface area (Å²) in [5.74, 6) is -0.218. The summed E-state index contributed by atoms with van der Waals surface area (Å²) in [5, 5.41) is 12.5. The number of nitrogens with zero attached hydrogens (tertiary/aromatic N) is 1. The zero-order valence-corrected chi connectivity index (χ0v) is 11.8. The summed E-state index contributed by atoms with van der Waals surface area (Å²) in [7, 11) is 0. The first-order chi connectivity index (χ1) is 8.81. The molecular weight excluding hydrogens is 242 g/mol. The maximum absolute atomic E-state index is 11.9. The average Bonchev–Trinajstić information content (AvgIpc) is 2.34. The van der Waals surface area contributed by atoms with Crippen molar-refractivity contribution >= 4 is 5.91 Å². The predicted molar refractivity (Wildman–Crippen MR) is 74.5 cm³/mol. The lowest BCUT2D eigenvalue weighted by molar-refractivity contribution is 0.0868. The molecule has 1 unspecified atom stereocenters. The van der Waals surface area contributed by atoms with Crippen LogP contribution in [0.3, 0.4) is 0 Å². The molecule has 0 aromatic carbocycles. The number of hydrogen-bond acceptors (Lipinski definition) is 4. The number of nitrogens with two attached hydrogens (primary N) is 1. The lowest BCUT2D eigenvalue weighted by Gasteiger charge is -2.22. The van der Waals surface area contributed by atoms with Crippen LogP contribution in [-0.2, 0) is 6.54 Å². The molecule has 5 heteroatoms. The number of aliphatic hydroxyl groups is 1. The summed E-state index contributed by atoms with van der Waals surface area (Å²) in [6, 6.07) is 3.29. The van der Waals surface area contributed by atoms with E-state index in [1.165, 1.54) is 0 Å². The molecule has 0 aliphatic carbocycles. The Morgan fingerprint density at radius 3 is 2.79 bits per heavy atom. The van der Waals surface area contributed by atoms with E-state index >= 15 is 0 Å². The van der Waals surface area contributed by atoms with E-state index in [2.05, 4.69) is 31.1 Å². The Balaban J connectivity index is 2.51. The highest BCUT2D eigenvalue weighted by Gasteiger charge is 2.17. The number of carbonyl (C=O) groups excluding carboxylic acids is 1. The van der Waals surface area contributed by atoms with E-state index in [-0.39, 0.29) is 17.9 Å². The second-order valence-electron chi connectivity index (χ2n) is 5.87. The van der Waals surface area contributed by atoms with Gasteiger partial charge in [-0.3, -0.25) is 9.78 Å². The standard InChI is InChI=1S/C14H23N3O2/c1-14(2,3)7-12(18)9-17-13(19)10-4-5-16-11(6-10)8-15/h4-6,12,18H,7-9,15H2,1-3H3,(H,17,19). The van der Waals surface area contributed by atoms with Gasteiger partial charge in [-0.05, 0) is 24.0 Å². The normalized spacial score (nSPS) is 13.1. The summed E-state index contributed by atoms with van der Waals surface area (Å²) in [6.07, 6.45) is 1.65. The van der Waals surface area contributed by atoms with Gasteiger partial charge in [-0.2, -0.15) is 0 Å². The van der Waals surface area contributed by atoms with Crippen molar-refractivity contribution in [3.8, 4) is 0 Å². The molecule has 1 aromatic heterocycles. The Hall–Kier alpha value is -1.46. The average molecular weight is 265 g/mol. The second-order valence-corrected chi connectivity index (χ2v) is 5.87. The van der Waals surface area contributed by atoms with Crippen molar-refractivity contribution in [1.82, 2.24) is 10.3 Å². The highest BCUT2D eigenvalue weighted by Crippen LogP contribution is 2.20. The van der Waals surface area contributed by atoms with E-state index < -0.39 is 6.10 Å². The van der Waals surface area contributed by atoms with Gasteiger partial charge in [0.25, 0.3) is 5.91 Å². The fraction of sp³-hybridized carbons (Fsp3) is 0.571. The van der Waals surface area contributed by atoms with E-state index in [1.54, 1.807) is 18.3 Å². The van der Waals surface area contributed by atoms with Gasteiger partial charge < -0.3 is 16.2 Å². The smallest absolute Gasteiger partial charge is 0.251 e. The number of rotatable bonds is 5. The van der Waals surface area contributed by atoms with Gasteiger partial charge in [0.05, 0.1) is 11.8 Å². The van der Waals surface area contributed by atoms with Gasteiger partial charge in [-0.25, -0.2) is 0 Å². The van der Waals surface area contributed by atoms with E-state index in [0.29, 0.717) is 24.2 Å². The number of aromatic nitrogens is 1. The molecule has 1 atom stereocenters. The first-order valence-electron chi connectivity index (χ1n) is 6.43. The minimum absolute atomic E-state index is 0.0352. The van der Waals surface area contributed by atoms with Crippen molar-refractivity contribution < 1.29 is 9.90 Å². The van der Waals surface area contributed by atoms with Gasteiger partial charge in [0, 0.05) is 24.8 Å². The second kappa shape index (κ2) is 6.63. The number of aliphatic hydroxyl groups excluding tert-OH is 1. The van der Waals surface area contributed by atoms with Crippen molar-refractivity contribution in [2.75, 3.05) is 6.54 Å². The number of amides is 1. The minimum atomic E-state index is -0.542. The van der Waals surface area contributed by atoms with Crippen LogP contribution in [0, 0.1) is 5.41 Å². The molecule has 4 N–H and O–H groups in total. The third-order valence-corrected chi connectivity index (χ3v) is 2.63. The van der Waals surface area contributed by atoms with E-state index in [4.69, 9.17) is 5.73 Å². The largest absolute Gasteiger partial charge is 0.391 e. The van der Waals surface area contributed by atoms with Crippen LogP contribution in [-0.4, -0.2) is 28.6 Å². The van der Waals surface area contributed by atoms with Crippen molar-refractivity contribution in [2.24, 2.45) is 11.1 Å². The molecule has 0 fully saturated rings. The maximum Gasteiger partial charge on any atom is 0.251 e. The van der Waals surface area contributed by atoms with Crippen LogP contribution in [0.15, 0.2) is 18.3 Å². The summed E-state index contributed by atoms with van der Waals surface area (Å²) < 4.78 is 0. The molecule has 1 rings (SSSR count). The number of pyridine rings is 1. The summed E-state index contributed by atoms with van der Waals surface area (Å²) in [4.78, 5) is 15.9. The molecule has 1 aromatic rings. The molecular formula is C14H23N3O2. The van der Waals surface area contributed by atoms with Crippen molar-refractivity contribution in [1.29, 1.82) is 0 Å². The first kappa shape index (κ1) is 15.6. The van der Waals surface area contributed by atoms with E-state index in [9.17, 15) is 9.90 Å². The highest BCUT2D eigenvalue weighted by atomic mass is 16.3. The Morgan fingerprint density at radius 1 is 1.53 bits per heavy atom. The summed E-state index contributed by atoms with van der Waals surface area (Å²) >= 11 is 0. The third-order valence-electron chi connectivity index (χ3n) is 2.63. The van der Waals surface area contributed by atoms with E-state index in [1.807, 2.05) is 0 Å². The van der Waals surface area contributed by atoms with Crippen LogP contribution < -0.4 is 11.1 Å². The Morgan fingerprint density at radius 2 is 2.21 bits per heavy atom. The molecule has 0 saturated heterocycles. The molecule has 0 aliphatic heterocycles. The van der Waals surface area contributed by atoms with Gasteiger partial charge in [0.15, 0.2) is 0 Å². The van der Waals surface area contributed by atoms with Gasteiger partial charge in [0.2, 0.25) is 0 Å². The first-order valence-corrected chi connectivity index (χ1v) is 6.43. The van der Waals surface area contributed by atoms with Gasteiger partial charge >= 0.3 is 0 Å². The van der Waals surface area contributed by atoms with Crippen molar-refractivity contribution in [2.45, 2.75) is 39.8 Å². The fourth-order valence-corrected chi connectivity index (χ4v) is 1.82. The molecule has 1 heterocycles. The Kier molecular flexibility index (Phi) is 5.44. The minimum Gasteiger partial charge on any atom is -0.391 e. The monoisotopic (exact) mass is 265 g/mol. The quantitative estimate of drug-likeness (QED) is 0.743. The lowest BCUT2D eigenvalue weighted by Crippen LogP contribution is -2.34. The molecule has 0 spiro atoms. The van der Waals surface area contributed by atoms with Gasteiger partial charge in [0.1, 0.15) is 0 Å². The molecule has 1 amide bonds. The zero-order valence-electron chi connectivity index (χ0n) is 11.8. The van der Waals surface area contributed by atoms with Gasteiger partial charge in [-0.1, -0.05) is 20.8 Å². The predicted octanol–water partition coefficient (Wildman–Crippen LogP) is 1.07. The highest BCUT2D eigenvalue weighted by molar-refractivity contribution is 5.94. The lowest BCUT2D eigenvalue weighted by atomic mass is 9.89. The van der Waals surface area contributed by atoms with Crippen LogP contribution in [0.25, 0.3) is 0 Å². The maximum atomic E-state index is 11.9. The molecule has 106 valence electrons. The fourth-order valence-electron chi connectivity index (χ4n) is 1.82. The van der Waals surface area contributed by atoms with Crippen LogP contribution in [0.5, 0.6) is 0 Å². The molecule has 19 heavy (non-hydrogen) atoms.